The summed E-state index contributed by atoms with van der Waals surface area (Å²) < 4.78 is 0. The van der Waals surface area contributed by atoms with Gasteiger partial charge in [0.15, 0.2) is 5.69 Å². The lowest BCUT2D eigenvalue weighted by Crippen LogP contribution is -2.36. The number of carbonyl (C=O) groups excluding carboxylic acids is 2. The van der Waals surface area contributed by atoms with E-state index >= 15 is 0 Å². The second-order valence-corrected chi connectivity index (χ2v) is 5.37. The first kappa shape index (κ1) is 15.3. The van der Waals surface area contributed by atoms with Crippen molar-refractivity contribution in [3.8, 4) is 0 Å². The molecule has 0 spiro atoms. The highest BCUT2D eigenvalue weighted by molar-refractivity contribution is 5.97. The van der Waals surface area contributed by atoms with Crippen molar-refractivity contribution in [2.45, 2.75) is 33.1 Å². The average Bonchev–Trinajstić information content (AvgIpc) is 2.68. The van der Waals surface area contributed by atoms with Gasteiger partial charge in [0, 0.05) is 33.1 Å². The second kappa shape index (κ2) is 6.60. The Morgan fingerprint density at radius 3 is 2.57 bits per heavy atom. The number of H-pyrrole nitrogens is 1. The molecule has 1 aliphatic heterocycles. The predicted octanol–water partition coefficient (Wildman–Crippen LogP) is 0.639. The molecule has 2 amide bonds. The Labute approximate surface area is 124 Å². The molecule has 2 rings (SSSR count). The van der Waals surface area contributed by atoms with Gasteiger partial charge in [0.2, 0.25) is 5.91 Å². The van der Waals surface area contributed by atoms with Gasteiger partial charge in [-0.2, -0.15) is 5.10 Å². The third kappa shape index (κ3) is 3.34. The van der Waals surface area contributed by atoms with Crippen molar-refractivity contribution in [1.29, 1.82) is 0 Å². The largest absolute Gasteiger partial charge is 0.395 e. The summed E-state index contributed by atoms with van der Waals surface area (Å²) in [5.74, 6) is -0.106. The fourth-order valence-corrected chi connectivity index (χ4v) is 2.58. The number of hydrogen-bond acceptors (Lipinski definition) is 4. The minimum atomic E-state index is -0.156. The Balaban J connectivity index is 2.08. The summed E-state index contributed by atoms with van der Waals surface area (Å²) >= 11 is 0. The molecule has 0 radical (unpaired) electrons. The summed E-state index contributed by atoms with van der Waals surface area (Å²) in [4.78, 5) is 27.4. The van der Waals surface area contributed by atoms with Gasteiger partial charge in [-0.3, -0.25) is 14.7 Å². The predicted molar refractivity (Wildman–Crippen MR) is 79.8 cm³/mol. The summed E-state index contributed by atoms with van der Waals surface area (Å²) in [6.45, 7) is 6.00. The van der Waals surface area contributed by atoms with Gasteiger partial charge in [0.1, 0.15) is 0 Å². The molecule has 0 unspecified atom stereocenters. The fourth-order valence-electron chi connectivity index (χ4n) is 2.58. The minimum absolute atomic E-state index is 0.0498. The van der Waals surface area contributed by atoms with Crippen molar-refractivity contribution < 1.29 is 9.59 Å². The van der Waals surface area contributed by atoms with Crippen LogP contribution >= 0.6 is 0 Å². The maximum absolute atomic E-state index is 12.5. The number of aromatic amines is 1. The molecule has 7 heteroatoms. The lowest BCUT2D eigenvalue weighted by atomic mass is 10.2. The highest BCUT2D eigenvalue weighted by Crippen LogP contribution is 2.18. The quantitative estimate of drug-likeness (QED) is 0.855. The van der Waals surface area contributed by atoms with Crippen LogP contribution in [0.3, 0.4) is 0 Å². The molecule has 1 saturated heterocycles. The van der Waals surface area contributed by atoms with Gasteiger partial charge in [-0.15, -0.1) is 0 Å². The van der Waals surface area contributed by atoms with Crippen molar-refractivity contribution in [1.82, 2.24) is 20.0 Å². The molecular weight excluding hydrogens is 270 g/mol. The number of aryl methyl sites for hydroxylation is 1. The molecule has 3 N–H and O–H groups in total. The van der Waals surface area contributed by atoms with Crippen LogP contribution in [-0.2, 0) is 11.2 Å². The summed E-state index contributed by atoms with van der Waals surface area (Å²) in [6.07, 6.45) is 2.50. The topological polar surface area (TPSA) is 95.3 Å². The molecule has 0 bridgehead atoms. The van der Waals surface area contributed by atoms with E-state index < -0.39 is 0 Å². The number of hydrogen-bond donors (Lipinski definition) is 2. The zero-order valence-corrected chi connectivity index (χ0v) is 12.7. The van der Waals surface area contributed by atoms with Gasteiger partial charge in [-0.25, -0.2) is 0 Å². The monoisotopic (exact) mass is 293 g/mol. The molecule has 1 aromatic rings. The number of anilines is 1. The second-order valence-electron chi connectivity index (χ2n) is 5.37. The number of nitrogens with one attached hydrogen (secondary N) is 1. The maximum Gasteiger partial charge on any atom is 0.276 e. The van der Waals surface area contributed by atoms with E-state index in [0.717, 1.165) is 25.0 Å². The van der Waals surface area contributed by atoms with Crippen molar-refractivity contribution in [2.24, 2.45) is 0 Å². The maximum atomic E-state index is 12.5. The normalized spacial score (nSPS) is 15.9. The van der Waals surface area contributed by atoms with Crippen LogP contribution in [0, 0.1) is 0 Å². The Morgan fingerprint density at radius 1 is 1.24 bits per heavy atom. The van der Waals surface area contributed by atoms with Gasteiger partial charge in [-0.05, 0) is 12.8 Å². The van der Waals surface area contributed by atoms with Crippen LogP contribution in [0.15, 0.2) is 0 Å². The van der Waals surface area contributed by atoms with E-state index in [1.165, 1.54) is 0 Å². The third-order valence-corrected chi connectivity index (χ3v) is 3.81. The van der Waals surface area contributed by atoms with E-state index in [0.29, 0.717) is 37.6 Å². The number of rotatable bonds is 3. The Hall–Kier alpha value is -2.05. The molecule has 0 aromatic carbocycles. The van der Waals surface area contributed by atoms with Crippen molar-refractivity contribution in [3.63, 3.8) is 0 Å². The molecule has 0 aliphatic carbocycles. The molecule has 0 saturated carbocycles. The number of nitrogens with zero attached hydrogens (tertiary/aromatic N) is 3. The first-order valence-corrected chi connectivity index (χ1v) is 7.42. The molecule has 7 nitrogen and oxygen atoms in total. The van der Waals surface area contributed by atoms with E-state index in [2.05, 4.69) is 10.2 Å². The van der Waals surface area contributed by atoms with Crippen LogP contribution < -0.4 is 5.73 Å². The van der Waals surface area contributed by atoms with E-state index in [-0.39, 0.29) is 11.8 Å². The zero-order chi connectivity index (χ0) is 15.4. The Morgan fingerprint density at radius 2 is 1.90 bits per heavy atom. The number of nitrogen functional groups attached to an aromatic ring is 1. The summed E-state index contributed by atoms with van der Waals surface area (Å²) in [7, 11) is 0. The Kier molecular flexibility index (Phi) is 4.82. The number of aromatic nitrogens is 2. The van der Waals surface area contributed by atoms with Gasteiger partial charge >= 0.3 is 0 Å². The van der Waals surface area contributed by atoms with Crippen LogP contribution in [0.1, 0.15) is 42.9 Å². The Bertz CT molecular complexity index is 525. The molecule has 0 atom stereocenters. The molecule has 21 heavy (non-hydrogen) atoms. The molecular formula is C14H23N5O2. The third-order valence-electron chi connectivity index (χ3n) is 3.81. The van der Waals surface area contributed by atoms with E-state index in [9.17, 15) is 9.59 Å². The van der Waals surface area contributed by atoms with Crippen LogP contribution in [0.4, 0.5) is 5.69 Å². The summed E-state index contributed by atoms with van der Waals surface area (Å²) in [6, 6.07) is 0. The smallest absolute Gasteiger partial charge is 0.276 e. The highest BCUT2D eigenvalue weighted by Gasteiger charge is 2.25. The SMILES string of the molecule is CCCc1[nH]nc(C(=O)N2CCCN(C(C)=O)CC2)c1N. The van der Waals surface area contributed by atoms with Crippen LogP contribution in [0.2, 0.25) is 0 Å². The first-order valence-electron chi connectivity index (χ1n) is 7.42. The molecule has 1 aromatic heterocycles. The van der Waals surface area contributed by atoms with E-state index in [1.54, 1.807) is 16.7 Å². The van der Waals surface area contributed by atoms with E-state index in [4.69, 9.17) is 5.73 Å². The van der Waals surface area contributed by atoms with Crippen LogP contribution in [-0.4, -0.2) is 58.0 Å². The van der Waals surface area contributed by atoms with Crippen molar-refractivity contribution in [2.75, 3.05) is 31.9 Å². The van der Waals surface area contributed by atoms with Gasteiger partial charge in [0.25, 0.3) is 5.91 Å². The lowest BCUT2D eigenvalue weighted by Gasteiger charge is -2.20. The van der Waals surface area contributed by atoms with Gasteiger partial charge < -0.3 is 15.5 Å². The number of amides is 2. The van der Waals surface area contributed by atoms with Crippen molar-refractivity contribution in [3.05, 3.63) is 11.4 Å². The first-order chi connectivity index (χ1) is 10.0. The molecule has 2 heterocycles. The average molecular weight is 293 g/mol. The van der Waals surface area contributed by atoms with Crippen molar-refractivity contribution >= 4 is 17.5 Å². The van der Waals surface area contributed by atoms with Gasteiger partial charge in [-0.1, -0.05) is 13.3 Å². The lowest BCUT2D eigenvalue weighted by molar-refractivity contribution is -0.128. The molecule has 116 valence electrons. The number of carbonyl (C=O) groups is 2. The standard InChI is InChI=1S/C14H23N5O2/c1-3-5-11-12(15)13(17-16-11)14(21)19-7-4-6-18(8-9-19)10(2)20/h3-9,15H2,1-2H3,(H,16,17). The number of nitrogens with two attached hydrogens (primary N) is 1. The van der Waals surface area contributed by atoms with Crippen LogP contribution in [0.25, 0.3) is 0 Å². The molecule has 1 aliphatic rings. The fraction of sp³-hybridized carbons (Fsp3) is 0.643. The molecule has 1 fully saturated rings. The zero-order valence-electron chi connectivity index (χ0n) is 12.7. The minimum Gasteiger partial charge on any atom is -0.395 e. The van der Waals surface area contributed by atoms with Crippen LogP contribution in [0.5, 0.6) is 0 Å². The highest BCUT2D eigenvalue weighted by atomic mass is 16.2. The van der Waals surface area contributed by atoms with E-state index in [1.807, 2.05) is 6.92 Å². The summed E-state index contributed by atoms with van der Waals surface area (Å²) in [5.41, 5.74) is 7.58. The van der Waals surface area contributed by atoms with Gasteiger partial charge in [0.05, 0.1) is 11.4 Å². The summed E-state index contributed by atoms with van der Waals surface area (Å²) in [5, 5.41) is 6.92.